The third-order valence-electron chi connectivity index (χ3n) is 10.7. The lowest BCUT2D eigenvalue weighted by Crippen LogP contribution is -2.60. The van der Waals surface area contributed by atoms with Crippen molar-refractivity contribution in [1.82, 2.24) is 0 Å². The Hall–Kier alpha value is -3.76. The quantitative estimate of drug-likeness (QED) is 0.139. The highest BCUT2D eigenvalue weighted by Crippen LogP contribution is 2.43. The number of hydrogen-bond donors (Lipinski definition) is 4. The fraction of sp³-hybridized carbons (Fsp3) is 0.489. The Morgan fingerprint density at radius 3 is 1.60 bits per heavy atom. The lowest BCUT2D eigenvalue weighted by molar-refractivity contribution is -0.309. The van der Waals surface area contributed by atoms with Crippen LogP contribution in [0.25, 0.3) is 0 Å². The number of ether oxygens (including phenoxy) is 2. The van der Waals surface area contributed by atoms with Crippen molar-refractivity contribution >= 4 is 11.6 Å². The maximum absolute atomic E-state index is 13.3. The first kappa shape index (κ1) is 45.6. The summed E-state index contributed by atoms with van der Waals surface area (Å²) in [6, 6.07) is 0. The summed E-state index contributed by atoms with van der Waals surface area (Å²) in [5.41, 5.74) is 7.28. The zero-order valence-corrected chi connectivity index (χ0v) is 34.7. The number of hydrogen-bond acceptors (Lipinski definition) is 8. The van der Waals surface area contributed by atoms with E-state index in [-0.39, 0.29) is 22.9 Å². The fourth-order valence-corrected chi connectivity index (χ4v) is 7.45. The highest BCUT2D eigenvalue weighted by atomic mass is 16.7. The minimum absolute atomic E-state index is 0.0174. The Morgan fingerprint density at radius 1 is 0.673 bits per heavy atom. The molecular weight excluding hydrogens is 693 g/mol. The second-order valence-electron chi connectivity index (χ2n) is 16.6. The topological polar surface area (TPSA) is 134 Å². The zero-order valence-electron chi connectivity index (χ0n) is 34.7. The Bertz CT molecular complexity index is 1760. The second-order valence-corrected chi connectivity index (χ2v) is 16.6. The number of rotatable bonds is 13. The van der Waals surface area contributed by atoms with Crippen molar-refractivity contribution in [1.29, 1.82) is 0 Å². The van der Waals surface area contributed by atoms with Gasteiger partial charge in [0.2, 0.25) is 0 Å². The van der Waals surface area contributed by atoms with Gasteiger partial charge in [-0.1, -0.05) is 142 Å². The van der Waals surface area contributed by atoms with Crippen molar-refractivity contribution in [2.75, 3.05) is 6.61 Å². The van der Waals surface area contributed by atoms with Crippen LogP contribution in [0.15, 0.2) is 130 Å². The van der Waals surface area contributed by atoms with E-state index in [0.717, 1.165) is 45.4 Å². The SMILES string of the molecule is CC1=C(/C=C/C(C)=C/C=C/C(C)=C/C=C/C=C(C)/C=C/C=C(C)/C=C/C2=C(C)C(=O)C(OC3OC(CO)[C@@H](O)[C@H](O)C3O)CC2(C)C)C(C)(C)CC(C)C1=O. The van der Waals surface area contributed by atoms with E-state index in [1.54, 1.807) is 6.92 Å². The number of ketones is 2. The molecule has 1 fully saturated rings. The molecule has 0 spiro atoms. The van der Waals surface area contributed by atoms with Crippen molar-refractivity contribution in [2.24, 2.45) is 16.7 Å². The predicted octanol–water partition coefficient (Wildman–Crippen LogP) is 8.00. The van der Waals surface area contributed by atoms with Gasteiger partial charge >= 0.3 is 0 Å². The van der Waals surface area contributed by atoms with Crippen LogP contribution in [0.5, 0.6) is 0 Å². The van der Waals surface area contributed by atoms with Crippen LogP contribution in [0.3, 0.4) is 0 Å². The van der Waals surface area contributed by atoms with Crippen LogP contribution in [0.4, 0.5) is 0 Å². The molecule has 0 aromatic heterocycles. The molecule has 0 aromatic carbocycles. The fourth-order valence-electron chi connectivity index (χ4n) is 7.45. The molecule has 0 saturated carbocycles. The van der Waals surface area contributed by atoms with Gasteiger partial charge < -0.3 is 29.9 Å². The number of allylic oxidation sites excluding steroid dienone is 21. The van der Waals surface area contributed by atoms with Crippen LogP contribution in [-0.2, 0) is 19.1 Å². The summed E-state index contributed by atoms with van der Waals surface area (Å²) in [4.78, 5) is 25.9. The lowest BCUT2D eigenvalue weighted by atomic mass is 9.68. The first-order valence-electron chi connectivity index (χ1n) is 19.2. The highest BCUT2D eigenvalue weighted by molar-refractivity contribution is 6.01. The van der Waals surface area contributed by atoms with Gasteiger partial charge in [0.05, 0.1) is 6.61 Å². The standard InChI is InChI=1S/C47H64O8/c1-29(18-14-20-31(3)22-24-36-34(6)40(49)33(5)26-46(36,8)9)16-12-13-17-30(2)19-15-21-32(4)23-25-37-35(7)41(50)38(27-47(37,10)11)54-45-44(53)43(52)42(51)39(28-48)55-45/h12-25,33,38-39,42-45,48,51-53H,26-28H2,1-11H3/b13-12+,18-14+,19-15+,24-22+,25-23+,29-16+,30-17+,31-20+,32-21+/t33?,38?,39?,42-,43+,44?,45?/m1/s1. The van der Waals surface area contributed by atoms with Gasteiger partial charge in [-0.05, 0) is 87.5 Å². The summed E-state index contributed by atoms with van der Waals surface area (Å²) in [5, 5.41) is 40.1. The molecule has 1 saturated heterocycles. The van der Waals surface area contributed by atoms with Crippen LogP contribution in [-0.4, -0.2) is 75.4 Å². The molecule has 0 amide bonds. The number of aliphatic hydroxyl groups is 4. The van der Waals surface area contributed by atoms with Gasteiger partial charge in [-0.3, -0.25) is 9.59 Å². The third kappa shape index (κ3) is 12.4. The normalized spacial score (nSPS) is 30.5. The van der Waals surface area contributed by atoms with E-state index in [4.69, 9.17) is 9.47 Å². The van der Waals surface area contributed by atoms with Crippen molar-refractivity contribution in [3.63, 3.8) is 0 Å². The summed E-state index contributed by atoms with van der Waals surface area (Å²) in [6.07, 6.45) is 21.6. The molecule has 7 atom stereocenters. The Morgan fingerprint density at radius 2 is 1.11 bits per heavy atom. The largest absolute Gasteiger partial charge is 0.394 e. The van der Waals surface area contributed by atoms with E-state index >= 15 is 0 Å². The monoisotopic (exact) mass is 756 g/mol. The summed E-state index contributed by atoms with van der Waals surface area (Å²) < 4.78 is 11.3. The highest BCUT2D eigenvalue weighted by Gasteiger charge is 2.47. The zero-order chi connectivity index (χ0) is 41.2. The van der Waals surface area contributed by atoms with Crippen molar-refractivity contribution in [3.05, 3.63) is 130 Å². The van der Waals surface area contributed by atoms with E-state index in [1.165, 1.54) is 0 Å². The van der Waals surface area contributed by atoms with Crippen LogP contribution >= 0.6 is 0 Å². The average molecular weight is 757 g/mol. The number of aliphatic hydroxyl groups excluding tert-OH is 4. The van der Waals surface area contributed by atoms with Crippen molar-refractivity contribution in [2.45, 2.75) is 126 Å². The molecule has 55 heavy (non-hydrogen) atoms. The molecule has 1 heterocycles. The molecular formula is C47H64O8. The van der Waals surface area contributed by atoms with Gasteiger partial charge in [-0.2, -0.15) is 0 Å². The smallest absolute Gasteiger partial charge is 0.187 e. The van der Waals surface area contributed by atoms with E-state index < -0.39 is 48.8 Å². The summed E-state index contributed by atoms with van der Waals surface area (Å²) in [6.45, 7) is 21.7. The van der Waals surface area contributed by atoms with Crippen molar-refractivity contribution < 1.29 is 39.5 Å². The molecule has 0 bridgehead atoms. The molecule has 4 N–H and O–H groups in total. The van der Waals surface area contributed by atoms with Gasteiger partial charge in [0, 0.05) is 5.92 Å². The second kappa shape index (κ2) is 19.9. The summed E-state index contributed by atoms with van der Waals surface area (Å²) >= 11 is 0. The maximum atomic E-state index is 13.3. The van der Waals surface area contributed by atoms with E-state index in [2.05, 4.69) is 58.1 Å². The van der Waals surface area contributed by atoms with Gasteiger partial charge in [0.25, 0.3) is 0 Å². The van der Waals surface area contributed by atoms with Crippen LogP contribution in [0.1, 0.15) is 89.0 Å². The Kier molecular flexibility index (Phi) is 16.5. The van der Waals surface area contributed by atoms with E-state index in [9.17, 15) is 30.0 Å². The lowest BCUT2D eigenvalue weighted by Gasteiger charge is -2.43. The van der Waals surface area contributed by atoms with Gasteiger partial charge in [-0.25, -0.2) is 0 Å². The molecule has 8 heteroatoms. The summed E-state index contributed by atoms with van der Waals surface area (Å²) in [5.74, 6) is 0.0834. The van der Waals surface area contributed by atoms with Crippen LogP contribution in [0.2, 0.25) is 0 Å². The molecule has 300 valence electrons. The van der Waals surface area contributed by atoms with Crippen LogP contribution in [0, 0.1) is 16.7 Å². The molecule has 0 radical (unpaired) electrons. The minimum atomic E-state index is -1.58. The van der Waals surface area contributed by atoms with Gasteiger partial charge in [-0.15, -0.1) is 0 Å². The van der Waals surface area contributed by atoms with E-state index in [0.29, 0.717) is 12.0 Å². The first-order valence-corrected chi connectivity index (χ1v) is 19.2. The third-order valence-corrected chi connectivity index (χ3v) is 10.7. The van der Waals surface area contributed by atoms with E-state index in [1.807, 2.05) is 96.2 Å². The predicted molar refractivity (Wildman–Crippen MR) is 221 cm³/mol. The molecule has 3 rings (SSSR count). The number of Topliss-reactive ketones (excluding diaryl/α,β-unsaturated/α-hetero) is 2. The van der Waals surface area contributed by atoms with Crippen molar-refractivity contribution in [3.8, 4) is 0 Å². The maximum Gasteiger partial charge on any atom is 0.187 e. The molecule has 0 aromatic rings. The summed E-state index contributed by atoms with van der Waals surface area (Å²) in [7, 11) is 0. The molecule has 3 aliphatic rings. The molecule has 8 nitrogen and oxygen atoms in total. The first-order chi connectivity index (χ1) is 25.7. The Labute approximate surface area is 329 Å². The minimum Gasteiger partial charge on any atom is -0.394 e. The number of carbonyl (C=O) groups excluding carboxylic acids is 2. The Balaban J connectivity index is 1.56. The van der Waals surface area contributed by atoms with Crippen LogP contribution < -0.4 is 0 Å². The van der Waals surface area contributed by atoms with Gasteiger partial charge in [0.15, 0.2) is 17.9 Å². The average Bonchev–Trinajstić information content (AvgIpc) is 3.10. The molecule has 5 unspecified atom stereocenters. The van der Waals surface area contributed by atoms with Gasteiger partial charge in [0.1, 0.15) is 30.5 Å². The molecule has 2 aliphatic carbocycles. The molecule has 1 aliphatic heterocycles. The number of carbonyl (C=O) groups is 2.